The monoisotopic (exact) mass is 446 g/mol. The highest BCUT2D eigenvalue weighted by molar-refractivity contribution is 14.0. The first-order valence-electron chi connectivity index (χ1n) is 8.31. The van der Waals surface area contributed by atoms with Gasteiger partial charge in [-0.1, -0.05) is 26.0 Å². The number of hydrogen-bond donors (Lipinski definition) is 2. The van der Waals surface area contributed by atoms with Gasteiger partial charge in [-0.05, 0) is 29.5 Å². The molecule has 0 aromatic heterocycles. The van der Waals surface area contributed by atoms with Crippen molar-refractivity contribution >= 4 is 35.6 Å². The predicted molar refractivity (Wildman–Crippen MR) is 112 cm³/mol. The largest absolute Gasteiger partial charge is 0.383 e. The minimum absolute atomic E-state index is 0. The fourth-order valence-electron chi connectivity index (χ4n) is 2.84. The zero-order valence-corrected chi connectivity index (χ0v) is 17.6. The van der Waals surface area contributed by atoms with Crippen LogP contribution in [0.15, 0.2) is 29.3 Å². The molecule has 0 aliphatic carbocycles. The second-order valence-corrected chi connectivity index (χ2v) is 6.85. The quantitative estimate of drug-likeness (QED) is 0.305. The summed E-state index contributed by atoms with van der Waals surface area (Å²) in [5.41, 5.74) is 2.76. The number of guanidine groups is 1. The van der Waals surface area contributed by atoms with Crippen molar-refractivity contribution in [2.75, 3.05) is 45.7 Å². The summed E-state index contributed by atoms with van der Waals surface area (Å²) in [6.45, 7) is 9.11. The Labute approximate surface area is 163 Å². The molecule has 1 aliphatic rings. The highest BCUT2D eigenvalue weighted by Crippen LogP contribution is 2.28. The van der Waals surface area contributed by atoms with Crippen molar-refractivity contribution in [1.29, 1.82) is 0 Å². The number of rotatable bonds is 6. The van der Waals surface area contributed by atoms with E-state index in [1.54, 1.807) is 7.11 Å². The molecule has 24 heavy (non-hydrogen) atoms. The molecule has 0 radical (unpaired) electrons. The molecule has 1 aromatic carbocycles. The first-order chi connectivity index (χ1) is 11.0. The topological polar surface area (TPSA) is 48.9 Å². The minimum atomic E-state index is 0. The Hall–Kier alpha value is -1.02. The van der Waals surface area contributed by atoms with E-state index in [0.29, 0.717) is 12.0 Å². The lowest BCUT2D eigenvalue weighted by atomic mass is 9.93. The van der Waals surface area contributed by atoms with Gasteiger partial charge >= 0.3 is 0 Å². The molecule has 0 amide bonds. The van der Waals surface area contributed by atoms with Crippen molar-refractivity contribution in [3.63, 3.8) is 0 Å². The van der Waals surface area contributed by atoms with Crippen molar-refractivity contribution in [2.45, 2.75) is 26.8 Å². The fraction of sp³-hybridized carbons (Fsp3) is 0.611. The molecule has 1 aromatic rings. The van der Waals surface area contributed by atoms with Crippen molar-refractivity contribution in [1.82, 2.24) is 10.2 Å². The Balaban J connectivity index is 0.00000288. The highest BCUT2D eigenvalue weighted by Gasteiger charge is 2.30. The molecule has 1 fully saturated rings. The predicted octanol–water partition coefficient (Wildman–Crippen LogP) is 3.17. The van der Waals surface area contributed by atoms with Gasteiger partial charge in [-0.2, -0.15) is 0 Å². The Kier molecular flexibility index (Phi) is 8.83. The first-order valence-corrected chi connectivity index (χ1v) is 8.31. The second-order valence-electron chi connectivity index (χ2n) is 6.85. The van der Waals surface area contributed by atoms with Crippen LogP contribution >= 0.6 is 24.0 Å². The summed E-state index contributed by atoms with van der Waals surface area (Å²) in [6, 6.07) is 8.50. The summed E-state index contributed by atoms with van der Waals surface area (Å²) < 4.78 is 5.04. The summed E-state index contributed by atoms with van der Waals surface area (Å²) in [5, 5.41) is 6.80. The molecule has 1 saturated heterocycles. The number of aliphatic imine (C=N–C) groups is 1. The van der Waals surface area contributed by atoms with Gasteiger partial charge < -0.3 is 20.3 Å². The van der Waals surface area contributed by atoms with Gasteiger partial charge in [-0.15, -0.1) is 24.0 Å². The Morgan fingerprint density at radius 2 is 2.00 bits per heavy atom. The normalized spacial score (nSPS) is 16.7. The van der Waals surface area contributed by atoms with Gasteiger partial charge in [0.25, 0.3) is 0 Å². The molecule has 5 nitrogen and oxygen atoms in total. The molecule has 0 bridgehead atoms. The van der Waals surface area contributed by atoms with E-state index in [-0.39, 0.29) is 24.0 Å². The molecule has 0 saturated carbocycles. The van der Waals surface area contributed by atoms with E-state index in [1.807, 2.05) is 7.05 Å². The average Bonchev–Trinajstić information content (AvgIpc) is 2.90. The van der Waals surface area contributed by atoms with Gasteiger partial charge in [-0.3, -0.25) is 4.99 Å². The summed E-state index contributed by atoms with van der Waals surface area (Å²) >= 11 is 0. The summed E-state index contributed by atoms with van der Waals surface area (Å²) in [6.07, 6.45) is 1.22. The lowest BCUT2D eigenvalue weighted by Gasteiger charge is -2.23. The van der Waals surface area contributed by atoms with Crippen LogP contribution in [0.1, 0.15) is 25.8 Å². The van der Waals surface area contributed by atoms with E-state index in [9.17, 15) is 0 Å². The minimum Gasteiger partial charge on any atom is -0.383 e. The van der Waals surface area contributed by atoms with E-state index in [0.717, 1.165) is 37.8 Å². The second kappa shape index (κ2) is 10.1. The van der Waals surface area contributed by atoms with Crippen LogP contribution in [-0.2, 0) is 11.3 Å². The van der Waals surface area contributed by atoms with Gasteiger partial charge in [-0.25, -0.2) is 0 Å². The van der Waals surface area contributed by atoms with Crippen LogP contribution in [-0.4, -0.2) is 51.3 Å². The summed E-state index contributed by atoms with van der Waals surface area (Å²) in [5.74, 6) is 0.998. The summed E-state index contributed by atoms with van der Waals surface area (Å²) in [7, 11) is 3.57. The van der Waals surface area contributed by atoms with Crippen molar-refractivity contribution in [3.8, 4) is 0 Å². The fourth-order valence-corrected chi connectivity index (χ4v) is 2.84. The highest BCUT2D eigenvalue weighted by atomic mass is 127. The van der Waals surface area contributed by atoms with Crippen LogP contribution in [0.5, 0.6) is 0 Å². The third-order valence-corrected chi connectivity index (χ3v) is 4.23. The van der Waals surface area contributed by atoms with Crippen LogP contribution in [0, 0.1) is 5.41 Å². The molecule has 2 N–H and O–H groups in total. The third-order valence-electron chi connectivity index (χ3n) is 4.23. The van der Waals surface area contributed by atoms with E-state index >= 15 is 0 Å². The number of hydrogen-bond acceptors (Lipinski definition) is 3. The van der Waals surface area contributed by atoms with Gasteiger partial charge in [0, 0.05) is 46.0 Å². The molecular formula is C18H31IN4O. The van der Waals surface area contributed by atoms with E-state index in [1.165, 1.54) is 12.0 Å². The number of nitrogens with one attached hydrogen (secondary N) is 2. The van der Waals surface area contributed by atoms with Gasteiger partial charge in [0.05, 0.1) is 6.61 Å². The maximum atomic E-state index is 5.04. The van der Waals surface area contributed by atoms with Gasteiger partial charge in [0.1, 0.15) is 0 Å². The number of benzene rings is 1. The molecule has 1 heterocycles. The molecule has 2 rings (SSSR count). The number of likely N-dealkylation sites (tertiary alicyclic amines) is 1. The third kappa shape index (κ3) is 6.47. The molecule has 0 spiro atoms. The lowest BCUT2D eigenvalue weighted by molar-refractivity contribution is 0.211. The zero-order chi connectivity index (χ0) is 16.7. The lowest BCUT2D eigenvalue weighted by Crippen LogP contribution is -2.40. The van der Waals surface area contributed by atoms with Gasteiger partial charge in [0.2, 0.25) is 0 Å². The number of halogens is 1. The first kappa shape index (κ1) is 21.0. The Morgan fingerprint density at radius 3 is 2.54 bits per heavy atom. The SMILES string of the molecule is CN=C(NCc1ccc(NCCOC)cc1)N1CCC(C)(C)C1.I. The van der Waals surface area contributed by atoms with Crippen molar-refractivity contribution < 1.29 is 4.74 Å². The molecule has 1 aliphatic heterocycles. The van der Waals surface area contributed by atoms with Crippen LogP contribution in [0.4, 0.5) is 5.69 Å². The maximum Gasteiger partial charge on any atom is 0.193 e. The van der Waals surface area contributed by atoms with Crippen LogP contribution in [0.3, 0.4) is 0 Å². The molecule has 136 valence electrons. The average molecular weight is 446 g/mol. The van der Waals surface area contributed by atoms with Crippen molar-refractivity contribution in [3.05, 3.63) is 29.8 Å². The number of anilines is 1. The van der Waals surface area contributed by atoms with Crippen LogP contribution in [0.25, 0.3) is 0 Å². The number of methoxy groups -OCH3 is 1. The maximum absolute atomic E-state index is 5.04. The Bertz CT molecular complexity index is 516. The number of ether oxygens (including phenoxy) is 1. The van der Waals surface area contributed by atoms with Gasteiger partial charge in [0.15, 0.2) is 5.96 Å². The van der Waals surface area contributed by atoms with Crippen molar-refractivity contribution in [2.24, 2.45) is 10.4 Å². The molecule has 6 heteroatoms. The standard InChI is InChI=1S/C18H30N4O.HI/c1-18(2)9-11-22(14-18)17(19-3)21-13-15-5-7-16(8-6-15)20-10-12-23-4;/h5-8,20H,9-14H2,1-4H3,(H,19,21);1H. The van der Waals surface area contributed by atoms with E-state index in [2.05, 4.69) is 58.6 Å². The smallest absolute Gasteiger partial charge is 0.193 e. The number of nitrogens with zero attached hydrogens (tertiary/aromatic N) is 2. The molecule has 0 unspecified atom stereocenters. The molecular weight excluding hydrogens is 415 g/mol. The van der Waals surface area contributed by atoms with Crippen LogP contribution in [0.2, 0.25) is 0 Å². The van der Waals surface area contributed by atoms with E-state index in [4.69, 9.17) is 4.74 Å². The van der Waals surface area contributed by atoms with Crippen LogP contribution < -0.4 is 10.6 Å². The zero-order valence-electron chi connectivity index (χ0n) is 15.3. The van der Waals surface area contributed by atoms with E-state index < -0.39 is 0 Å². The molecule has 0 atom stereocenters. The Morgan fingerprint density at radius 1 is 1.29 bits per heavy atom. The summed E-state index contributed by atoms with van der Waals surface area (Å²) in [4.78, 5) is 6.77.